The molecule has 0 spiro atoms. The van der Waals surface area contributed by atoms with Gasteiger partial charge in [0.2, 0.25) is 0 Å². The van der Waals surface area contributed by atoms with Crippen molar-refractivity contribution >= 4 is 5.82 Å². The summed E-state index contributed by atoms with van der Waals surface area (Å²) in [6, 6.07) is 3.38. The van der Waals surface area contributed by atoms with Crippen molar-refractivity contribution in [2.24, 2.45) is 7.05 Å². The van der Waals surface area contributed by atoms with Gasteiger partial charge in [-0.25, -0.2) is 8.78 Å². The fourth-order valence-corrected chi connectivity index (χ4v) is 2.00. The molecule has 1 aromatic heterocycles. The Kier molecular flexibility index (Phi) is 3.32. The lowest BCUT2D eigenvalue weighted by atomic mass is 10.0. The average Bonchev–Trinajstić information content (AvgIpc) is 2.56. The third-order valence-corrected chi connectivity index (χ3v) is 2.83. The van der Waals surface area contributed by atoms with Gasteiger partial charge < -0.3 is 5.73 Å². The first kappa shape index (κ1) is 12.5. The first-order chi connectivity index (χ1) is 8.52. The van der Waals surface area contributed by atoms with Crippen molar-refractivity contribution in [2.45, 2.75) is 19.8 Å². The fraction of sp³-hybridized carbons (Fsp3) is 0.308. The molecule has 0 aliphatic heterocycles. The SMILES string of the molecule is CCCc1c(-c2cc(F)cc(F)c2)nn(C)c1N. The molecule has 2 rings (SSSR count). The van der Waals surface area contributed by atoms with Crippen LogP contribution in [0.5, 0.6) is 0 Å². The maximum atomic E-state index is 13.2. The number of hydrogen-bond acceptors (Lipinski definition) is 2. The largest absolute Gasteiger partial charge is 0.384 e. The summed E-state index contributed by atoms with van der Waals surface area (Å²) in [4.78, 5) is 0. The Morgan fingerprint density at radius 1 is 1.22 bits per heavy atom. The van der Waals surface area contributed by atoms with Gasteiger partial charge in [-0.15, -0.1) is 0 Å². The Hall–Kier alpha value is -1.91. The van der Waals surface area contributed by atoms with E-state index in [-0.39, 0.29) is 0 Å². The number of nitrogen functional groups attached to an aromatic ring is 1. The Morgan fingerprint density at radius 3 is 2.39 bits per heavy atom. The van der Waals surface area contributed by atoms with E-state index >= 15 is 0 Å². The van der Waals surface area contributed by atoms with Crippen LogP contribution in [0.4, 0.5) is 14.6 Å². The average molecular weight is 251 g/mol. The monoisotopic (exact) mass is 251 g/mol. The van der Waals surface area contributed by atoms with Crippen LogP contribution in [0.3, 0.4) is 0 Å². The van der Waals surface area contributed by atoms with Gasteiger partial charge in [-0.2, -0.15) is 5.10 Å². The highest BCUT2D eigenvalue weighted by Gasteiger charge is 2.16. The molecule has 0 fully saturated rings. The Labute approximate surface area is 104 Å². The number of benzene rings is 1. The molecular weight excluding hydrogens is 236 g/mol. The standard InChI is InChI=1S/C13H15F2N3/c1-3-4-11-12(17-18(2)13(11)16)8-5-9(14)7-10(15)6-8/h5-7H,3-4,16H2,1-2H3. The number of nitrogens with two attached hydrogens (primary N) is 1. The molecule has 2 N–H and O–H groups in total. The number of nitrogens with zero attached hydrogens (tertiary/aromatic N) is 2. The zero-order valence-corrected chi connectivity index (χ0v) is 10.4. The highest BCUT2D eigenvalue weighted by molar-refractivity contribution is 5.68. The van der Waals surface area contributed by atoms with Gasteiger partial charge in [0, 0.05) is 24.2 Å². The summed E-state index contributed by atoms with van der Waals surface area (Å²) in [7, 11) is 1.72. The molecule has 0 radical (unpaired) electrons. The third kappa shape index (κ3) is 2.20. The van der Waals surface area contributed by atoms with Gasteiger partial charge in [-0.05, 0) is 18.6 Å². The second-order valence-electron chi connectivity index (χ2n) is 4.24. The third-order valence-electron chi connectivity index (χ3n) is 2.83. The number of aryl methyl sites for hydroxylation is 1. The van der Waals surface area contributed by atoms with Crippen LogP contribution in [0.2, 0.25) is 0 Å². The molecule has 5 heteroatoms. The lowest BCUT2D eigenvalue weighted by Gasteiger charge is -2.03. The van der Waals surface area contributed by atoms with Crippen LogP contribution < -0.4 is 5.73 Å². The summed E-state index contributed by atoms with van der Waals surface area (Å²) in [5.74, 6) is -0.690. The van der Waals surface area contributed by atoms with Crippen molar-refractivity contribution in [1.29, 1.82) is 0 Å². The molecule has 2 aromatic rings. The summed E-state index contributed by atoms with van der Waals surface area (Å²) in [6.07, 6.45) is 1.62. The van der Waals surface area contributed by atoms with Crippen LogP contribution in [-0.2, 0) is 13.5 Å². The lowest BCUT2D eigenvalue weighted by Crippen LogP contribution is -1.99. The maximum absolute atomic E-state index is 13.2. The van der Waals surface area contributed by atoms with Gasteiger partial charge in [0.25, 0.3) is 0 Å². The predicted octanol–water partition coefficient (Wildman–Crippen LogP) is 2.90. The quantitative estimate of drug-likeness (QED) is 0.911. The molecule has 18 heavy (non-hydrogen) atoms. The van der Waals surface area contributed by atoms with E-state index in [0.29, 0.717) is 17.1 Å². The first-order valence-electron chi connectivity index (χ1n) is 5.80. The zero-order valence-electron chi connectivity index (χ0n) is 10.4. The molecule has 0 aliphatic rings. The number of rotatable bonds is 3. The van der Waals surface area contributed by atoms with Gasteiger partial charge in [-0.3, -0.25) is 4.68 Å². The summed E-state index contributed by atoms with van der Waals surface area (Å²) in [5, 5.41) is 4.24. The second kappa shape index (κ2) is 4.76. The van der Waals surface area contributed by atoms with Gasteiger partial charge in [-0.1, -0.05) is 13.3 Å². The summed E-state index contributed by atoms with van der Waals surface area (Å²) in [5.41, 5.74) is 7.72. The number of anilines is 1. The van der Waals surface area contributed by atoms with Crippen LogP contribution in [0.1, 0.15) is 18.9 Å². The molecule has 1 aromatic carbocycles. The molecule has 0 aliphatic carbocycles. The molecule has 0 saturated heterocycles. The van der Waals surface area contributed by atoms with E-state index in [4.69, 9.17) is 5.73 Å². The summed E-state index contributed by atoms with van der Waals surface area (Å²) >= 11 is 0. The normalized spacial score (nSPS) is 10.9. The molecule has 0 amide bonds. The van der Waals surface area contributed by atoms with Crippen LogP contribution in [-0.4, -0.2) is 9.78 Å². The van der Waals surface area contributed by atoms with Crippen molar-refractivity contribution < 1.29 is 8.78 Å². The first-order valence-corrected chi connectivity index (χ1v) is 5.80. The molecular formula is C13H15F2N3. The van der Waals surface area contributed by atoms with Gasteiger partial charge in [0.1, 0.15) is 17.5 Å². The highest BCUT2D eigenvalue weighted by Crippen LogP contribution is 2.28. The van der Waals surface area contributed by atoms with E-state index in [0.717, 1.165) is 24.5 Å². The van der Waals surface area contributed by atoms with Crippen molar-refractivity contribution in [2.75, 3.05) is 5.73 Å². The van der Waals surface area contributed by atoms with E-state index < -0.39 is 11.6 Å². The Morgan fingerprint density at radius 2 is 1.83 bits per heavy atom. The van der Waals surface area contributed by atoms with Gasteiger partial charge >= 0.3 is 0 Å². The summed E-state index contributed by atoms with van der Waals surface area (Å²) < 4.78 is 28.0. The zero-order chi connectivity index (χ0) is 13.3. The van der Waals surface area contributed by atoms with Crippen LogP contribution in [0.25, 0.3) is 11.3 Å². The molecule has 0 atom stereocenters. The molecule has 3 nitrogen and oxygen atoms in total. The van der Waals surface area contributed by atoms with Crippen molar-refractivity contribution in [3.05, 3.63) is 35.4 Å². The second-order valence-corrected chi connectivity index (χ2v) is 4.24. The van der Waals surface area contributed by atoms with Crippen LogP contribution in [0.15, 0.2) is 18.2 Å². The van der Waals surface area contributed by atoms with Gasteiger partial charge in [0.15, 0.2) is 0 Å². The highest BCUT2D eigenvalue weighted by atomic mass is 19.1. The van der Waals surface area contributed by atoms with E-state index in [1.165, 1.54) is 16.8 Å². The number of halogens is 2. The minimum absolute atomic E-state index is 0.420. The van der Waals surface area contributed by atoms with Crippen molar-refractivity contribution in [1.82, 2.24) is 9.78 Å². The lowest BCUT2D eigenvalue weighted by molar-refractivity contribution is 0.584. The predicted molar refractivity (Wildman–Crippen MR) is 67.0 cm³/mol. The van der Waals surface area contributed by atoms with Crippen molar-refractivity contribution in [3.8, 4) is 11.3 Å². The molecule has 96 valence electrons. The van der Waals surface area contributed by atoms with Crippen LogP contribution >= 0.6 is 0 Å². The Balaban J connectivity index is 2.59. The smallest absolute Gasteiger partial charge is 0.126 e. The van der Waals surface area contributed by atoms with Crippen molar-refractivity contribution in [3.63, 3.8) is 0 Å². The Bertz CT molecular complexity index is 556. The number of aromatic nitrogens is 2. The molecule has 0 saturated carbocycles. The minimum Gasteiger partial charge on any atom is -0.384 e. The van der Waals surface area contributed by atoms with E-state index in [2.05, 4.69) is 5.10 Å². The van der Waals surface area contributed by atoms with E-state index in [1.54, 1.807) is 7.05 Å². The van der Waals surface area contributed by atoms with Gasteiger partial charge in [0.05, 0.1) is 5.69 Å². The van der Waals surface area contributed by atoms with Crippen LogP contribution in [0, 0.1) is 11.6 Å². The van der Waals surface area contributed by atoms with E-state index in [1.807, 2.05) is 6.92 Å². The number of hydrogen-bond donors (Lipinski definition) is 1. The minimum atomic E-state index is -0.614. The molecule has 0 unspecified atom stereocenters. The summed E-state index contributed by atoms with van der Waals surface area (Å²) in [6.45, 7) is 2.02. The molecule has 0 bridgehead atoms. The van der Waals surface area contributed by atoms with E-state index in [9.17, 15) is 8.78 Å². The topological polar surface area (TPSA) is 43.8 Å². The molecule has 1 heterocycles. The fourth-order valence-electron chi connectivity index (χ4n) is 2.00. The maximum Gasteiger partial charge on any atom is 0.126 e.